The fraction of sp³-hybridized carbons (Fsp3) is 0.231. The molecule has 3 aromatic rings. The van der Waals surface area contributed by atoms with Crippen LogP contribution in [0, 0.1) is 0 Å². The van der Waals surface area contributed by atoms with Gasteiger partial charge in [-0.1, -0.05) is 17.7 Å². The Balaban J connectivity index is 1.22. The highest BCUT2D eigenvalue weighted by Gasteiger charge is 2.43. The first-order valence-electron chi connectivity index (χ1n) is 11.2. The van der Waals surface area contributed by atoms with Crippen LogP contribution in [0.3, 0.4) is 0 Å². The lowest BCUT2D eigenvalue weighted by Crippen LogP contribution is -2.52. The highest BCUT2D eigenvalue weighted by atomic mass is 35.5. The molecule has 2 aliphatic rings. The lowest BCUT2D eigenvalue weighted by atomic mass is 10.0. The summed E-state index contributed by atoms with van der Waals surface area (Å²) in [6.07, 6.45) is 3.40. The number of piperazine rings is 1. The molecule has 0 N–H and O–H groups in total. The summed E-state index contributed by atoms with van der Waals surface area (Å²) in [5, 5.41) is 0.489. The molecule has 34 heavy (non-hydrogen) atoms. The molecule has 0 aliphatic carbocycles. The molecule has 1 aromatic heterocycles. The predicted molar refractivity (Wildman–Crippen MR) is 130 cm³/mol. The minimum atomic E-state index is -0.450. The molecule has 2 aromatic carbocycles. The topological polar surface area (TPSA) is 73.8 Å². The van der Waals surface area contributed by atoms with Crippen molar-refractivity contribution in [3.63, 3.8) is 0 Å². The summed E-state index contributed by atoms with van der Waals surface area (Å²) in [7, 11) is 0. The number of carbonyl (C=O) groups is 3. The van der Waals surface area contributed by atoms with Gasteiger partial charge in [0.25, 0.3) is 5.91 Å². The van der Waals surface area contributed by atoms with Gasteiger partial charge in [0.15, 0.2) is 5.78 Å². The molecule has 2 aliphatic heterocycles. The van der Waals surface area contributed by atoms with Crippen LogP contribution in [0.25, 0.3) is 0 Å². The van der Waals surface area contributed by atoms with Crippen LogP contribution in [0.15, 0.2) is 73.1 Å². The number of aromatic nitrogens is 1. The number of imide groups is 1. The van der Waals surface area contributed by atoms with Crippen LogP contribution in [-0.4, -0.2) is 59.7 Å². The van der Waals surface area contributed by atoms with E-state index in [1.54, 1.807) is 48.8 Å². The maximum atomic E-state index is 13.1. The van der Waals surface area contributed by atoms with Gasteiger partial charge < -0.3 is 4.90 Å². The van der Waals surface area contributed by atoms with Crippen molar-refractivity contribution in [2.75, 3.05) is 36.0 Å². The Morgan fingerprint density at radius 1 is 0.853 bits per heavy atom. The van der Waals surface area contributed by atoms with Gasteiger partial charge in [-0.25, -0.2) is 4.90 Å². The second-order valence-corrected chi connectivity index (χ2v) is 8.84. The second-order valence-electron chi connectivity index (χ2n) is 8.40. The van der Waals surface area contributed by atoms with E-state index in [1.165, 1.54) is 4.90 Å². The van der Waals surface area contributed by atoms with E-state index in [2.05, 4.69) is 14.8 Å². The SMILES string of the molecule is O=C(c1ccncc1)c1ccc(N2CCN([C@@H]3CC(=O)N(c4cccc(Cl)c4)C3=O)CC2)cc1. The third kappa shape index (κ3) is 4.32. The molecule has 5 rings (SSSR count). The molecule has 172 valence electrons. The number of amides is 2. The average molecular weight is 475 g/mol. The Bertz CT molecular complexity index is 1220. The van der Waals surface area contributed by atoms with Crippen LogP contribution in [0.4, 0.5) is 11.4 Å². The summed E-state index contributed by atoms with van der Waals surface area (Å²) < 4.78 is 0. The number of benzene rings is 2. The average Bonchev–Trinajstić information content (AvgIpc) is 3.18. The van der Waals surface area contributed by atoms with Crippen molar-refractivity contribution in [1.29, 1.82) is 0 Å². The zero-order chi connectivity index (χ0) is 23.7. The lowest BCUT2D eigenvalue weighted by Gasteiger charge is -2.38. The predicted octanol–water partition coefficient (Wildman–Crippen LogP) is 3.42. The number of ketones is 1. The monoisotopic (exact) mass is 474 g/mol. The van der Waals surface area contributed by atoms with Crippen LogP contribution in [0.1, 0.15) is 22.3 Å². The smallest absolute Gasteiger partial charge is 0.251 e. The summed E-state index contributed by atoms with van der Waals surface area (Å²) in [4.78, 5) is 47.8. The normalized spacial score (nSPS) is 19.0. The van der Waals surface area contributed by atoms with Gasteiger partial charge in [0.1, 0.15) is 0 Å². The van der Waals surface area contributed by atoms with Crippen LogP contribution in [0.5, 0.6) is 0 Å². The van der Waals surface area contributed by atoms with E-state index in [4.69, 9.17) is 11.6 Å². The number of halogens is 1. The molecule has 1 atom stereocenters. The van der Waals surface area contributed by atoms with Crippen molar-refractivity contribution in [2.45, 2.75) is 12.5 Å². The molecule has 7 nitrogen and oxygen atoms in total. The highest BCUT2D eigenvalue weighted by Crippen LogP contribution is 2.29. The van der Waals surface area contributed by atoms with Crippen LogP contribution < -0.4 is 9.80 Å². The molecular weight excluding hydrogens is 452 g/mol. The molecule has 2 fully saturated rings. The number of pyridine rings is 1. The van der Waals surface area contributed by atoms with Gasteiger partial charge in [0.05, 0.1) is 18.2 Å². The van der Waals surface area contributed by atoms with E-state index < -0.39 is 6.04 Å². The maximum Gasteiger partial charge on any atom is 0.251 e. The Morgan fingerprint density at radius 3 is 2.21 bits per heavy atom. The summed E-state index contributed by atoms with van der Waals surface area (Å²) in [6, 6.07) is 17.4. The van der Waals surface area contributed by atoms with E-state index in [0.717, 1.165) is 18.8 Å². The third-order valence-corrected chi connectivity index (χ3v) is 6.62. The first kappa shape index (κ1) is 22.3. The Hall–Kier alpha value is -3.55. The minimum absolute atomic E-state index is 0.0348. The minimum Gasteiger partial charge on any atom is -0.369 e. The molecule has 0 saturated carbocycles. The second kappa shape index (κ2) is 9.37. The number of carbonyl (C=O) groups excluding carboxylic acids is 3. The van der Waals surface area contributed by atoms with E-state index in [0.29, 0.717) is 34.9 Å². The standard InChI is InChI=1S/C26H23ClN4O3/c27-20-2-1-3-22(16-20)31-24(32)17-23(26(31)34)30-14-12-29(13-15-30)21-6-4-18(5-7-21)25(33)19-8-10-28-11-9-19/h1-11,16,23H,12-15,17H2/t23-/m1/s1. The molecule has 0 radical (unpaired) electrons. The van der Waals surface area contributed by atoms with Crippen molar-refractivity contribution in [1.82, 2.24) is 9.88 Å². The summed E-state index contributed by atoms with van der Waals surface area (Å²) in [5.74, 6) is -0.429. The van der Waals surface area contributed by atoms with E-state index in [1.807, 2.05) is 24.3 Å². The number of anilines is 2. The van der Waals surface area contributed by atoms with Crippen molar-refractivity contribution in [3.05, 3.63) is 89.2 Å². The quantitative estimate of drug-likeness (QED) is 0.416. The largest absolute Gasteiger partial charge is 0.369 e. The van der Waals surface area contributed by atoms with E-state index in [9.17, 15) is 14.4 Å². The lowest BCUT2D eigenvalue weighted by molar-refractivity contribution is -0.123. The van der Waals surface area contributed by atoms with Crippen molar-refractivity contribution < 1.29 is 14.4 Å². The molecular formula is C26H23ClN4O3. The van der Waals surface area contributed by atoms with Gasteiger partial charge in [0, 0.05) is 60.4 Å². The van der Waals surface area contributed by atoms with Crippen molar-refractivity contribution in [3.8, 4) is 0 Å². The van der Waals surface area contributed by atoms with Crippen LogP contribution in [0.2, 0.25) is 5.02 Å². The first-order chi connectivity index (χ1) is 16.5. The number of rotatable bonds is 5. The van der Waals surface area contributed by atoms with Gasteiger partial charge in [0.2, 0.25) is 5.91 Å². The molecule has 0 spiro atoms. The summed E-state index contributed by atoms with van der Waals surface area (Å²) >= 11 is 6.05. The van der Waals surface area contributed by atoms with Gasteiger partial charge in [-0.05, 0) is 54.6 Å². The third-order valence-electron chi connectivity index (χ3n) is 6.38. The Kier molecular flexibility index (Phi) is 6.13. The zero-order valence-electron chi connectivity index (χ0n) is 18.4. The Labute approximate surface area is 202 Å². The molecule has 8 heteroatoms. The number of nitrogens with zero attached hydrogens (tertiary/aromatic N) is 4. The fourth-order valence-corrected chi connectivity index (χ4v) is 4.76. The molecule has 2 amide bonds. The number of hydrogen-bond acceptors (Lipinski definition) is 6. The van der Waals surface area contributed by atoms with Gasteiger partial charge in [-0.3, -0.25) is 24.3 Å². The van der Waals surface area contributed by atoms with Gasteiger partial charge in [-0.2, -0.15) is 0 Å². The highest BCUT2D eigenvalue weighted by molar-refractivity contribution is 6.31. The Morgan fingerprint density at radius 2 is 1.53 bits per heavy atom. The van der Waals surface area contributed by atoms with Crippen LogP contribution >= 0.6 is 11.6 Å². The maximum absolute atomic E-state index is 13.1. The molecule has 0 unspecified atom stereocenters. The van der Waals surface area contributed by atoms with Gasteiger partial charge >= 0.3 is 0 Å². The van der Waals surface area contributed by atoms with E-state index in [-0.39, 0.29) is 24.0 Å². The fourth-order valence-electron chi connectivity index (χ4n) is 4.57. The summed E-state index contributed by atoms with van der Waals surface area (Å²) in [5.41, 5.74) is 2.79. The van der Waals surface area contributed by atoms with Crippen molar-refractivity contribution in [2.24, 2.45) is 0 Å². The van der Waals surface area contributed by atoms with Crippen LogP contribution in [-0.2, 0) is 9.59 Å². The zero-order valence-corrected chi connectivity index (χ0v) is 19.2. The molecule has 2 saturated heterocycles. The molecule has 3 heterocycles. The van der Waals surface area contributed by atoms with E-state index >= 15 is 0 Å². The van der Waals surface area contributed by atoms with Gasteiger partial charge in [-0.15, -0.1) is 0 Å². The molecule has 0 bridgehead atoms. The first-order valence-corrected chi connectivity index (χ1v) is 11.6. The van der Waals surface area contributed by atoms with Crippen molar-refractivity contribution >= 4 is 40.6 Å². The number of hydrogen-bond donors (Lipinski definition) is 0. The summed E-state index contributed by atoms with van der Waals surface area (Å²) in [6.45, 7) is 2.80.